The number of rotatable bonds is 3. The van der Waals surface area contributed by atoms with E-state index >= 15 is 0 Å². The summed E-state index contributed by atoms with van der Waals surface area (Å²) >= 11 is 0. The van der Waals surface area contributed by atoms with Crippen molar-refractivity contribution in [3.63, 3.8) is 0 Å². The van der Waals surface area contributed by atoms with Gasteiger partial charge in [-0.1, -0.05) is 6.92 Å². The SMILES string of the molecule is CCC(C)n1nc(-c2cc3cc(O)ccc3[nH]2)c2c(N)ncnc21. The van der Waals surface area contributed by atoms with E-state index in [4.69, 9.17) is 10.8 Å². The Morgan fingerprint density at radius 3 is 2.92 bits per heavy atom. The fourth-order valence-corrected chi connectivity index (χ4v) is 2.91. The van der Waals surface area contributed by atoms with E-state index in [1.54, 1.807) is 12.1 Å². The first-order valence-electron chi connectivity index (χ1n) is 7.89. The highest BCUT2D eigenvalue weighted by Crippen LogP contribution is 2.33. The van der Waals surface area contributed by atoms with E-state index < -0.39 is 0 Å². The molecular weight excluding hydrogens is 304 g/mol. The van der Waals surface area contributed by atoms with Gasteiger partial charge in [0.05, 0.1) is 17.1 Å². The smallest absolute Gasteiger partial charge is 0.164 e. The number of benzene rings is 1. The number of hydrogen-bond donors (Lipinski definition) is 3. The number of phenols is 1. The van der Waals surface area contributed by atoms with Gasteiger partial charge in [-0.25, -0.2) is 14.6 Å². The lowest BCUT2D eigenvalue weighted by atomic mass is 10.2. The van der Waals surface area contributed by atoms with Crippen LogP contribution in [0.25, 0.3) is 33.3 Å². The van der Waals surface area contributed by atoms with E-state index in [1.807, 2.05) is 16.8 Å². The summed E-state index contributed by atoms with van der Waals surface area (Å²) in [6.07, 6.45) is 2.39. The molecule has 7 heteroatoms. The quantitative estimate of drug-likeness (QED) is 0.537. The molecule has 4 aromatic rings. The van der Waals surface area contributed by atoms with Crippen LogP contribution in [0.1, 0.15) is 26.3 Å². The zero-order valence-corrected chi connectivity index (χ0v) is 13.5. The molecule has 3 heterocycles. The molecule has 7 nitrogen and oxygen atoms in total. The van der Waals surface area contributed by atoms with Gasteiger partial charge in [0, 0.05) is 10.9 Å². The number of nitrogens with zero attached hydrogens (tertiary/aromatic N) is 4. The molecule has 0 spiro atoms. The minimum Gasteiger partial charge on any atom is -0.508 e. The van der Waals surface area contributed by atoms with Crippen molar-refractivity contribution < 1.29 is 5.11 Å². The molecule has 0 aliphatic carbocycles. The molecule has 24 heavy (non-hydrogen) atoms. The topological polar surface area (TPSA) is 106 Å². The summed E-state index contributed by atoms with van der Waals surface area (Å²) in [5.74, 6) is 0.636. The molecule has 0 radical (unpaired) electrons. The Morgan fingerprint density at radius 2 is 2.12 bits per heavy atom. The van der Waals surface area contributed by atoms with Crippen LogP contribution in [0, 0.1) is 0 Å². The first-order chi connectivity index (χ1) is 11.6. The molecule has 1 unspecified atom stereocenters. The summed E-state index contributed by atoms with van der Waals surface area (Å²) in [6.45, 7) is 4.20. The number of nitrogen functional groups attached to an aromatic ring is 1. The van der Waals surface area contributed by atoms with Crippen molar-refractivity contribution in [3.05, 3.63) is 30.6 Å². The molecule has 0 bridgehead atoms. The normalized spacial score (nSPS) is 12.9. The average Bonchev–Trinajstić information content (AvgIpc) is 3.15. The summed E-state index contributed by atoms with van der Waals surface area (Å²) < 4.78 is 1.89. The zero-order valence-electron chi connectivity index (χ0n) is 13.5. The molecule has 1 aromatic carbocycles. The van der Waals surface area contributed by atoms with Crippen molar-refractivity contribution in [1.82, 2.24) is 24.7 Å². The van der Waals surface area contributed by atoms with Crippen LogP contribution in [0.4, 0.5) is 5.82 Å². The number of fused-ring (bicyclic) bond motifs is 2. The molecule has 0 amide bonds. The number of anilines is 1. The molecule has 0 aliphatic heterocycles. The minimum absolute atomic E-state index is 0.198. The second kappa shape index (κ2) is 5.23. The Bertz CT molecular complexity index is 1050. The Labute approximate surface area is 138 Å². The van der Waals surface area contributed by atoms with Crippen molar-refractivity contribution in [1.29, 1.82) is 0 Å². The van der Waals surface area contributed by atoms with Gasteiger partial charge >= 0.3 is 0 Å². The molecule has 1 atom stereocenters. The Hall–Kier alpha value is -3.09. The van der Waals surface area contributed by atoms with Gasteiger partial charge in [0.1, 0.15) is 23.6 Å². The fraction of sp³-hybridized carbons (Fsp3) is 0.235. The standard InChI is InChI=1S/C17H18N6O/c1-3-9(2)23-17-14(16(18)19-8-20-17)15(22-23)13-7-10-6-11(24)4-5-12(10)21-13/h4-9,21,24H,3H2,1-2H3,(H2,18,19,20). The molecule has 4 N–H and O–H groups in total. The number of nitrogens with one attached hydrogen (secondary N) is 1. The van der Waals surface area contributed by atoms with E-state index in [9.17, 15) is 5.11 Å². The van der Waals surface area contributed by atoms with Crippen LogP contribution in [0.3, 0.4) is 0 Å². The molecule has 0 fully saturated rings. The first kappa shape index (κ1) is 14.5. The van der Waals surface area contributed by atoms with Crippen molar-refractivity contribution >= 4 is 27.8 Å². The number of hydrogen-bond acceptors (Lipinski definition) is 5. The Balaban J connectivity index is 2.01. The van der Waals surface area contributed by atoms with Crippen molar-refractivity contribution in [2.24, 2.45) is 0 Å². The van der Waals surface area contributed by atoms with Crippen molar-refractivity contribution in [2.75, 3.05) is 5.73 Å². The van der Waals surface area contributed by atoms with Gasteiger partial charge in [0.2, 0.25) is 0 Å². The number of aromatic nitrogens is 5. The van der Waals surface area contributed by atoms with Crippen molar-refractivity contribution in [2.45, 2.75) is 26.3 Å². The minimum atomic E-state index is 0.198. The summed E-state index contributed by atoms with van der Waals surface area (Å²) in [5, 5.41) is 16.1. The number of aromatic amines is 1. The van der Waals surface area contributed by atoms with E-state index in [-0.39, 0.29) is 11.8 Å². The van der Waals surface area contributed by atoms with Gasteiger partial charge in [0.15, 0.2) is 5.65 Å². The molecule has 0 saturated carbocycles. The van der Waals surface area contributed by atoms with Crippen LogP contribution in [0.15, 0.2) is 30.6 Å². The van der Waals surface area contributed by atoms with Crippen LogP contribution in [0.5, 0.6) is 5.75 Å². The molecular formula is C17H18N6O. The molecule has 3 aromatic heterocycles. The largest absolute Gasteiger partial charge is 0.508 e. The van der Waals surface area contributed by atoms with E-state index in [0.29, 0.717) is 5.82 Å². The maximum atomic E-state index is 9.66. The number of H-pyrrole nitrogens is 1. The lowest BCUT2D eigenvalue weighted by Crippen LogP contribution is -2.06. The van der Waals surface area contributed by atoms with E-state index in [2.05, 4.69) is 28.8 Å². The second-order valence-electron chi connectivity index (χ2n) is 5.96. The van der Waals surface area contributed by atoms with Crippen LogP contribution in [0.2, 0.25) is 0 Å². The lowest BCUT2D eigenvalue weighted by molar-refractivity contribution is 0.476. The Morgan fingerprint density at radius 1 is 1.29 bits per heavy atom. The molecule has 0 saturated heterocycles. The maximum absolute atomic E-state index is 9.66. The number of nitrogens with two attached hydrogens (primary N) is 1. The van der Waals surface area contributed by atoms with Gasteiger partial charge in [-0.05, 0) is 37.6 Å². The highest BCUT2D eigenvalue weighted by atomic mass is 16.3. The van der Waals surface area contributed by atoms with Crippen molar-refractivity contribution in [3.8, 4) is 17.1 Å². The number of phenolic OH excluding ortho intramolecular Hbond substituents is 1. The molecule has 122 valence electrons. The van der Waals surface area contributed by atoms with Gasteiger partial charge < -0.3 is 15.8 Å². The monoisotopic (exact) mass is 322 g/mol. The lowest BCUT2D eigenvalue weighted by Gasteiger charge is -2.09. The summed E-state index contributed by atoms with van der Waals surface area (Å²) in [6, 6.07) is 7.34. The van der Waals surface area contributed by atoms with Gasteiger partial charge in [-0.2, -0.15) is 5.10 Å². The predicted octanol–water partition coefficient (Wildman–Crippen LogP) is 3.23. The maximum Gasteiger partial charge on any atom is 0.164 e. The fourth-order valence-electron chi connectivity index (χ4n) is 2.91. The van der Waals surface area contributed by atoms with E-state index in [0.717, 1.165) is 39.7 Å². The summed E-state index contributed by atoms with van der Waals surface area (Å²) in [7, 11) is 0. The van der Waals surface area contributed by atoms with Crippen LogP contribution < -0.4 is 5.73 Å². The van der Waals surface area contributed by atoms with Gasteiger partial charge in [-0.3, -0.25) is 0 Å². The zero-order chi connectivity index (χ0) is 16.8. The second-order valence-corrected chi connectivity index (χ2v) is 5.96. The highest BCUT2D eigenvalue weighted by molar-refractivity contribution is 6.00. The van der Waals surface area contributed by atoms with E-state index in [1.165, 1.54) is 6.33 Å². The number of aromatic hydroxyl groups is 1. The molecule has 4 rings (SSSR count). The third-order valence-electron chi connectivity index (χ3n) is 4.39. The average molecular weight is 322 g/mol. The van der Waals surface area contributed by atoms with Gasteiger partial charge in [0.25, 0.3) is 0 Å². The summed E-state index contributed by atoms with van der Waals surface area (Å²) in [5.41, 5.74) is 9.30. The Kier molecular flexibility index (Phi) is 3.16. The van der Waals surface area contributed by atoms with Crippen LogP contribution in [-0.4, -0.2) is 29.8 Å². The third-order valence-corrected chi connectivity index (χ3v) is 4.39. The predicted molar refractivity (Wildman–Crippen MR) is 93.7 cm³/mol. The molecule has 0 aliphatic rings. The third kappa shape index (κ3) is 2.09. The van der Waals surface area contributed by atoms with Crippen LogP contribution in [-0.2, 0) is 0 Å². The van der Waals surface area contributed by atoms with Crippen LogP contribution >= 0.6 is 0 Å². The highest BCUT2D eigenvalue weighted by Gasteiger charge is 2.20. The summed E-state index contributed by atoms with van der Waals surface area (Å²) in [4.78, 5) is 11.8. The first-order valence-corrected chi connectivity index (χ1v) is 7.89. The van der Waals surface area contributed by atoms with Gasteiger partial charge in [-0.15, -0.1) is 0 Å².